The number of phenolic OH excluding ortho intramolecular Hbond substituents is 1. The number of aromatic hydroxyl groups is 1. The summed E-state index contributed by atoms with van der Waals surface area (Å²) in [5.74, 6) is 1.46. The van der Waals surface area contributed by atoms with Gasteiger partial charge in [0.25, 0.3) is 0 Å². The van der Waals surface area contributed by atoms with E-state index < -0.39 is 0 Å². The highest BCUT2D eigenvalue weighted by atomic mass is 16.5. The molecule has 1 N–H and O–H groups in total. The zero-order chi connectivity index (χ0) is 17.1. The Kier molecular flexibility index (Phi) is 4.34. The smallest absolute Gasteiger partial charge is 0.193 e. The van der Waals surface area contributed by atoms with Gasteiger partial charge in [-0.3, -0.25) is 4.79 Å². The molecule has 3 aromatic rings. The van der Waals surface area contributed by atoms with Crippen LogP contribution in [0.4, 0.5) is 0 Å². The number of benzene rings is 3. The second-order valence-corrected chi connectivity index (χ2v) is 5.77. The normalized spacial score (nSPS) is 10.4. The summed E-state index contributed by atoms with van der Waals surface area (Å²) >= 11 is 0. The summed E-state index contributed by atoms with van der Waals surface area (Å²) in [5.41, 5.74) is 3.38. The van der Waals surface area contributed by atoms with Crippen molar-refractivity contribution in [2.75, 3.05) is 0 Å². The number of ether oxygens (including phenoxy) is 1. The minimum atomic E-state index is 0.00684. The Morgan fingerprint density at radius 2 is 1.42 bits per heavy atom. The molecule has 24 heavy (non-hydrogen) atoms. The summed E-state index contributed by atoms with van der Waals surface area (Å²) in [5, 5.41) is 9.28. The molecule has 0 saturated heterocycles. The van der Waals surface area contributed by atoms with Gasteiger partial charge >= 0.3 is 0 Å². The van der Waals surface area contributed by atoms with Crippen LogP contribution in [0.1, 0.15) is 27.0 Å². The number of rotatable bonds is 4. The van der Waals surface area contributed by atoms with Gasteiger partial charge < -0.3 is 9.84 Å². The molecule has 0 fully saturated rings. The molecule has 0 unspecified atom stereocenters. The van der Waals surface area contributed by atoms with Gasteiger partial charge in [0, 0.05) is 11.1 Å². The molecule has 0 heterocycles. The minimum absolute atomic E-state index is 0.00684. The van der Waals surface area contributed by atoms with Crippen LogP contribution in [0.2, 0.25) is 0 Å². The van der Waals surface area contributed by atoms with Crippen LogP contribution in [-0.2, 0) is 0 Å². The Bertz CT molecular complexity index is 863. The molecule has 3 aromatic carbocycles. The van der Waals surface area contributed by atoms with Crippen LogP contribution in [-0.4, -0.2) is 10.9 Å². The van der Waals surface area contributed by atoms with Gasteiger partial charge in [-0.25, -0.2) is 0 Å². The summed E-state index contributed by atoms with van der Waals surface area (Å²) in [6.45, 7) is 3.92. The van der Waals surface area contributed by atoms with Crippen LogP contribution in [0.25, 0.3) is 0 Å². The average molecular weight is 318 g/mol. The molecule has 0 saturated carbocycles. The number of carbonyl (C=O) groups is 1. The van der Waals surface area contributed by atoms with E-state index in [1.54, 1.807) is 48.5 Å². The topological polar surface area (TPSA) is 46.5 Å². The van der Waals surface area contributed by atoms with E-state index >= 15 is 0 Å². The van der Waals surface area contributed by atoms with Crippen LogP contribution >= 0.6 is 0 Å². The van der Waals surface area contributed by atoms with Crippen LogP contribution in [0, 0.1) is 13.8 Å². The average Bonchev–Trinajstić information content (AvgIpc) is 2.59. The largest absolute Gasteiger partial charge is 0.508 e. The van der Waals surface area contributed by atoms with Crippen molar-refractivity contribution < 1.29 is 14.6 Å². The highest BCUT2D eigenvalue weighted by Crippen LogP contribution is 2.24. The number of phenols is 1. The van der Waals surface area contributed by atoms with Crippen molar-refractivity contribution in [1.82, 2.24) is 0 Å². The van der Waals surface area contributed by atoms with E-state index in [2.05, 4.69) is 0 Å². The highest BCUT2D eigenvalue weighted by molar-refractivity contribution is 6.10. The second kappa shape index (κ2) is 6.59. The molecule has 3 heteroatoms. The number of aryl methyl sites for hydroxylation is 2. The van der Waals surface area contributed by atoms with Crippen LogP contribution in [0.5, 0.6) is 17.2 Å². The Balaban J connectivity index is 1.80. The zero-order valence-corrected chi connectivity index (χ0v) is 13.6. The summed E-state index contributed by atoms with van der Waals surface area (Å²) in [6.07, 6.45) is 0. The third-order valence-electron chi connectivity index (χ3n) is 3.83. The van der Waals surface area contributed by atoms with Crippen molar-refractivity contribution in [3.63, 3.8) is 0 Å². The zero-order valence-electron chi connectivity index (χ0n) is 13.6. The fourth-order valence-electron chi connectivity index (χ4n) is 2.46. The molecule has 0 aliphatic carbocycles. The first-order chi connectivity index (χ1) is 11.5. The van der Waals surface area contributed by atoms with Gasteiger partial charge in [0.2, 0.25) is 0 Å². The lowest BCUT2D eigenvalue weighted by molar-refractivity contribution is 0.103. The van der Waals surface area contributed by atoms with Crippen molar-refractivity contribution in [3.8, 4) is 17.2 Å². The number of hydrogen-bond donors (Lipinski definition) is 1. The van der Waals surface area contributed by atoms with Gasteiger partial charge in [-0.1, -0.05) is 17.7 Å². The van der Waals surface area contributed by atoms with E-state index in [1.807, 2.05) is 32.0 Å². The highest BCUT2D eigenvalue weighted by Gasteiger charge is 2.12. The number of hydrogen-bond acceptors (Lipinski definition) is 3. The summed E-state index contributed by atoms with van der Waals surface area (Å²) in [6, 6.07) is 19.4. The molecule has 0 aliphatic heterocycles. The molecule has 120 valence electrons. The molecule has 0 bridgehead atoms. The van der Waals surface area contributed by atoms with Gasteiger partial charge in [-0.2, -0.15) is 0 Å². The first kappa shape index (κ1) is 15.8. The van der Waals surface area contributed by atoms with Gasteiger partial charge in [-0.15, -0.1) is 0 Å². The van der Waals surface area contributed by atoms with Gasteiger partial charge in [0.1, 0.15) is 17.2 Å². The van der Waals surface area contributed by atoms with E-state index in [0.29, 0.717) is 17.1 Å². The lowest BCUT2D eigenvalue weighted by Crippen LogP contribution is -2.04. The first-order valence-corrected chi connectivity index (χ1v) is 7.72. The molecular formula is C21H18O3. The SMILES string of the molecule is Cc1ccc(C)c(C(=O)c2ccc(Oc3ccc(O)cc3)cc2)c1. The molecule has 0 aromatic heterocycles. The van der Waals surface area contributed by atoms with Gasteiger partial charge in [0.05, 0.1) is 0 Å². The summed E-state index contributed by atoms with van der Waals surface area (Å²) in [4.78, 5) is 12.7. The Hall–Kier alpha value is -3.07. The van der Waals surface area contributed by atoms with Crippen molar-refractivity contribution in [3.05, 3.63) is 89.0 Å². The Morgan fingerprint density at radius 1 is 0.833 bits per heavy atom. The van der Waals surface area contributed by atoms with Crippen LogP contribution < -0.4 is 4.74 Å². The first-order valence-electron chi connectivity index (χ1n) is 7.72. The molecule has 0 aliphatic rings. The second-order valence-electron chi connectivity index (χ2n) is 5.77. The number of ketones is 1. The summed E-state index contributed by atoms with van der Waals surface area (Å²) in [7, 11) is 0. The van der Waals surface area contributed by atoms with Crippen LogP contribution in [0.3, 0.4) is 0 Å². The van der Waals surface area contributed by atoms with Gasteiger partial charge in [-0.05, 0) is 74.0 Å². The van der Waals surface area contributed by atoms with E-state index in [4.69, 9.17) is 4.74 Å². The Morgan fingerprint density at radius 3 is 2.04 bits per heavy atom. The van der Waals surface area contributed by atoms with Crippen molar-refractivity contribution in [1.29, 1.82) is 0 Å². The fraction of sp³-hybridized carbons (Fsp3) is 0.0952. The third kappa shape index (κ3) is 3.46. The molecule has 0 amide bonds. The number of carbonyl (C=O) groups excluding carboxylic acids is 1. The molecule has 3 rings (SSSR count). The lowest BCUT2D eigenvalue weighted by Gasteiger charge is -2.08. The molecule has 0 spiro atoms. The standard InChI is InChI=1S/C21H18O3/c1-14-3-4-15(2)20(13-14)21(23)16-5-9-18(10-6-16)24-19-11-7-17(22)8-12-19/h3-13,22H,1-2H3. The van der Waals surface area contributed by atoms with E-state index in [1.165, 1.54) is 0 Å². The quantitative estimate of drug-likeness (QED) is 0.686. The molecular weight excluding hydrogens is 300 g/mol. The van der Waals surface area contributed by atoms with Crippen molar-refractivity contribution in [2.45, 2.75) is 13.8 Å². The summed E-state index contributed by atoms with van der Waals surface area (Å²) < 4.78 is 5.69. The molecule has 0 atom stereocenters. The maximum atomic E-state index is 12.7. The third-order valence-corrected chi connectivity index (χ3v) is 3.83. The maximum Gasteiger partial charge on any atom is 0.193 e. The maximum absolute atomic E-state index is 12.7. The predicted octanol–water partition coefficient (Wildman–Crippen LogP) is 5.03. The van der Waals surface area contributed by atoms with Crippen molar-refractivity contribution >= 4 is 5.78 Å². The molecule has 0 radical (unpaired) electrons. The minimum Gasteiger partial charge on any atom is -0.508 e. The monoisotopic (exact) mass is 318 g/mol. The van der Waals surface area contributed by atoms with E-state index in [9.17, 15) is 9.90 Å². The van der Waals surface area contributed by atoms with Crippen molar-refractivity contribution in [2.24, 2.45) is 0 Å². The Labute approximate surface area is 141 Å². The predicted molar refractivity (Wildman–Crippen MR) is 94.0 cm³/mol. The fourth-order valence-corrected chi connectivity index (χ4v) is 2.46. The lowest BCUT2D eigenvalue weighted by atomic mass is 9.97. The van der Waals surface area contributed by atoms with Gasteiger partial charge in [0.15, 0.2) is 5.78 Å². The van der Waals surface area contributed by atoms with E-state index in [0.717, 1.165) is 16.7 Å². The molecule has 3 nitrogen and oxygen atoms in total. The van der Waals surface area contributed by atoms with E-state index in [-0.39, 0.29) is 11.5 Å². The van der Waals surface area contributed by atoms with Crippen LogP contribution in [0.15, 0.2) is 66.7 Å².